The van der Waals surface area contributed by atoms with Crippen molar-refractivity contribution in [2.45, 2.75) is 0 Å². The molecule has 3 aromatic rings. The Morgan fingerprint density at radius 1 is 1.14 bits per heavy atom. The average Bonchev–Trinajstić information content (AvgIpc) is 3.10. The Labute approximate surface area is 158 Å². The number of amides is 3. The molecule has 0 bridgehead atoms. The number of hydrogen-bond acceptors (Lipinski definition) is 6. The number of aldehydes is 1. The summed E-state index contributed by atoms with van der Waals surface area (Å²) >= 11 is 0. The molecule has 10 nitrogen and oxygen atoms in total. The lowest BCUT2D eigenvalue weighted by Gasteiger charge is -2.09. The molecule has 0 aromatic carbocycles. The lowest BCUT2D eigenvalue weighted by Crippen LogP contribution is -2.19. The van der Waals surface area contributed by atoms with E-state index in [1.807, 2.05) is 6.07 Å². The van der Waals surface area contributed by atoms with Gasteiger partial charge in [-0.3, -0.25) is 14.2 Å². The molecule has 10 heteroatoms. The SMILES string of the molecule is N#Cc1cc(C(=O)Nc2ccn(-c3cc(NC(N)=O)ccn3)c2C=O)ccn1. The van der Waals surface area contributed by atoms with Gasteiger partial charge in [-0.05, 0) is 24.3 Å². The van der Waals surface area contributed by atoms with Crippen LogP contribution in [-0.4, -0.2) is 32.8 Å². The summed E-state index contributed by atoms with van der Waals surface area (Å²) in [6.07, 6.45) is 4.90. The zero-order valence-electron chi connectivity index (χ0n) is 14.3. The lowest BCUT2D eigenvalue weighted by atomic mass is 10.2. The largest absolute Gasteiger partial charge is 0.351 e. The minimum atomic E-state index is -0.734. The van der Waals surface area contributed by atoms with Crippen LogP contribution in [0.15, 0.2) is 48.9 Å². The predicted octanol–water partition coefficient (Wildman–Crippen LogP) is 1.69. The molecule has 138 valence electrons. The molecule has 0 spiro atoms. The smallest absolute Gasteiger partial charge is 0.316 e. The van der Waals surface area contributed by atoms with Crippen LogP contribution in [0.25, 0.3) is 5.82 Å². The second-order valence-electron chi connectivity index (χ2n) is 5.49. The van der Waals surface area contributed by atoms with Gasteiger partial charge in [-0.1, -0.05) is 0 Å². The summed E-state index contributed by atoms with van der Waals surface area (Å²) in [5, 5.41) is 13.9. The first-order chi connectivity index (χ1) is 13.5. The number of aromatic nitrogens is 3. The minimum Gasteiger partial charge on any atom is -0.351 e. The van der Waals surface area contributed by atoms with Gasteiger partial charge in [-0.15, -0.1) is 0 Å². The summed E-state index contributed by atoms with van der Waals surface area (Å²) in [7, 11) is 0. The van der Waals surface area contributed by atoms with E-state index in [9.17, 15) is 14.4 Å². The summed E-state index contributed by atoms with van der Waals surface area (Å²) in [5.74, 6) is -0.165. The Hall–Kier alpha value is -4.52. The lowest BCUT2D eigenvalue weighted by molar-refractivity contribution is 0.102. The summed E-state index contributed by atoms with van der Waals surface area (Å²) < 4.78 is 1.45. The van der Waals surface area contributed by atoms with E-state index in [4.69, 9.17) is 11.0 Å². The van der Waals surface area contributed by atoms with Crippen molar-refractivity contribution in [3.63, 3.8) is 0 Å². The number of nitrogens with one attached hydrogen (secondary N) is 2. The number of nitrogens with zero attached hydrogens (tertiary/aromatic N) is 4. The number of carbonyl (C=O) groups is 3. The number of anilines is 2. The van der Waals surface area contributed by atoms with Crippen LogP contribution in [0.3, 0.4) is 0 Å². The van der Waals surface area contributed by atoms with Crippen LogP contribution < -0.4 is 16.4 Å². The highest BCUT2D eigenvalue weighted by Gasteiger charge is 2.15. The normalized spacial score (nSPS) is 9.96. The number of nitriles is 1. The molecule has 3 aromatic heterocycles. The molecule has 0 aliphatic rings. The van der Waals surface area contributed by atoms with Gasteiger partial charge in [0, 0.05) is 35.9 Å². The third kappa shape index (κ3) is 3.83. The molecular weight excluding hydrogens is 362 g/mol. The molecule has 3 heterocycles. The van der Waals surface area contributed by atoms with Crippen molar-refractivity contribution in [1.29, 1.82) is 5.26 Å². The van der Waals surface area contributed by atoms with Crippen LogP contribution in [-0.2, 0) is 0 Å². The fourth-order valence-electron chi connectivity index (χ4n) is 2.47. The first-order valence-electron chi connectivity index (χ1n) is 7.88. The fraction of sp³-hybridized carbons (Fsp3) is 0. The standard InChI is InChI=1S/C18H13N7O3/c19-9-13-7-11(1-4-21-13)17(27)24-14-3-6-25(15(14)10-26)16-8-12(2-5-22-16)23-18(20)28/h1-8,10H,(H,24,27)(H3,20,22,23,28). The molecule has 0 atom stereocenters. The quantitative estimate of drug-likeness (QED) is 0.576. The van der Waals surface area contributed by atoms with Gasteiger partial charge in [0.05, 0.1) is 5.69 Å². The predicted molar refractivity (Wildman–Crippen MR) is 99.1 cm³/mol. The Balaban J connectivity index is 1.90. The van der Waals surface area contributed by atoms with E-state index in [2.05, 4.69) is 20.6 Å². The summed E-state index contributed by atoms with van der Waals surface area (Å²) in [4.78, 5) is 43.0. The van der Waals surface area contributed by atoms with Gasteiger partial charge >= 0.3 is 6.03 Å². The number of rotatable bonds is 5. The molecular formula is C18H13N7O3. The topological polar surface area (TPSA) is 156 Å². The Bertz CT molecular complexity index is 1110. The van der Waals surface area contributed by atoms with Gasteiger partial charge in [-0.25, -0.2) is 14.8 Å². The van der Waals surface area contributed by atoms with Gasteiger partial charge in [0.2, 0.25) is 0 Å². The molecule has 3 amide bonds. The van der Waals surface area contributed by atoms with Crippen LogP contribution in [0.1, 0.15) is 26.5 Å². The van der Waals surface area contributed by atoms with Gasteiger partial charge < -0.3 is 16.4 Å². The maximum atomic E-state index is 12.4. The number of hydrogen-bond donors (Lipinski definition) is 3. The van der Waals surface area contributed by atoms with Crippen molar-refractivity contribution in [3.8, 4) is 11.9 Å². The zero-order valence-corrected chi connectivity index (χ0v) is 14.3. The highest BCUT2D eigenvalue weighted by atomic mass is 16.2. The van der Waals surface area contributed by atoms with Gasteiger partial charge in [0.1, 0.15) is 23.3 Å². The number of primary amides is 1. The monoisotopic (exact) mass is 375 g/mol. The Morgan fingerprint density at radius 2 is 1.93 bits per heavy atom. The van der Waals surface area contributed by atoms with Gasteiger partial charge in [-0.2, -0.15) is 5.26 Å². The van der Waals surface area contributed by atoms with Crippen molar-refractivity contribution >= 4 is 29.6 Å². The molecule has 0 saturated heterocycles. The molecule has 3 rings (SSSR count). The first kappa shape index (κ1) is 18.3. The van der Waals surface area contributed by atoms with Gasteiger partial charge in [0.15, 0.2) is 6.29 Å². The van der Waals surface area contributed by atoms with Crippen LogP contribution >= 0.6 is 0 Å². The Morgan fingerprint density at radius 3 is 2.64 bits per heavy atom. The van der Waals surface area contributed by atoms with Gasteiger partial charge in [0.25, 0.3) is 5.91 Å². The molecule has 0 aliphatic heterocycles. The zero-order chi connectivity index (χ0) is 20.1. The molecule has 0 fully saturated rings. The third-order valence-electron chi connectivity index (χ3n) is 3.68. The van der Waals surface area contributed by atoms with Crippen molar-refractivity contribution in [2.75, 3.05) is 10.6 Å². The molecule has 0 saturated carbocycles. The molecule has 0 aliphatic carbocycles. The second kappa shape index (κ2) is 7.79. The highest BCUT2D eigenvalue weighted by molar-refractivity contribution is 6.06. The second-order valence-corrected chi connectivity index (χ2v) is 5.49. The maximum Gasteiger partial charge on any atom is 0.316 e. The van der Waals surface area contributed by atoms with Crippen LogP contribution in [0.4, 0.5) is 16.2 Å². The molecule has 28 heavy (non-hydrogen) atoms. The van der Waals surface area contributed by atoms with E-state index in [1.54, 1.807) is 6.20 Å². The Kier molecular flexibility index (Phi) is 5.09. The van der Waals surface area contributed by atoms with Crippen molar-refractivity contribution in [2.24, 2.45) is 5.73 Å². The van der Waals surface area contributed by atoms with E-state index in [1.165, 1.54) is 47.3 Å². The summed E-state index contributed by atoms with van der Waals surface area (Å²) in [6, 6.07) is 8.50. The first-order valence-corrected chi connectivity index (χ1v) is 7.88. The molecule has 0 unspecified atom stereocenters. The molecule has 4 N–H and O–H groups in total. The summed E-state index contributed by atoms with van der Waals surface area (Å²) in [5.41, 5.74) is 6.22. The number of carbonyl (C=O) groups excluding carboxylic acids is 3. The van der Waals surface area contributed by atoms with E-state index < -0.39 is 11.9 Å². The van der Waals surface area contributed by atoms with Crippen LogP contribution in [0, 0.1) is 11.3 Å². The van der Waals surface area contributed by atoms with Crippen molar-refractivity contribution in [3.05, 3.63) is 65.9 Å². The van der Waals surface area contributed by atoms with Crippen LogP contribution in [0.5, 0.6) is 0 Å². The van der Waals surface area contributed by atoms with E-state index >= 15 is 0 Å². The van der Waals surface area contributed by atoms with E-state index in [0.29, 0.717) is 17.8 Å². The number of urea groups is 1. The number of pyridine rings is 2. The van der Waals surface area contributed by atoms with Crippen LogP contribution in [0.2, 0.25) is 0 Å². The highest BCUT2D eigenvalue weighted by Crippen LogP contribution is 2.21. The van der Waals surface area contributed by atoms with E-state index in [0.717, 1.165) is 0 Å². The molecule has 0 radical (unpaired) electrons. The average molecular weight is 375 g/mol. The van der Waals surface area contributed by atoms with Crippen molar-refractivity contribution in [1.82, 2.24) is 14.5 Å². The number of nitrogens with two attached hydrogens (primary N) is 1. The summed E-state index contributed by atoms with van der Waals surface area (Å²) in [6.45, 7) is 0. The fourth-order valence-corrected chi connectivity index (χ4v) is 2.47. The maximum absolute atomic E-state index is 12.4. The third-order valence-corrected chi connectivity index (χ3v) is 3.68. The van der Waals surface area contributed by atoms with Crippen molar-refractivity contribution < 1.29 is 14.4 Å². The minimum absolute atomic E-state index is 0.101. The van der Waals surface area contributed by atoms with E-state index in [-0.39, 0.29) is 22.6 Å².